The lowest BCUT2D eigenvalue weighted by atomic mass is 10.00. The Kier molecular flexibility index (Phi) is 3.76. The van der Waals surface area contributed by atoms with E-state index >= 15 is 0 Å². The van der Waals surface area contributed by atoms with Gasteiger partial charge in [-0.3, -0.25) is 0 Å². The summed E-state index contributed by atoms with van der Waals surface area (Å²) in [6.45, 7) is 0. The zero-order chi connectivity index (χ0) is 16.4. The number of fused-ring (bicyclic) bond motifs is 1. The monoisotopic (exact) mass is 309 g/mol. The quantitative estimate of drug-likeness (QED) is 0.431. The van der Waals surface area contributed by atoms with E-state index in [-0.39, 0.29) is 0 Å². The molecule has 0 spiro atoms. The first-order valence-corrected chi connectivity index (χ1v) is 8.20. The van der Waals surface area contributed by atoms with E-state index in [0.717, 1.165) is 0 Å². The van der Waals surface area contributed by atoms with Crippen LogP contribution in [0.2, 0.25) is 0 Å². The Morgan fingerprint density at radius 1 is 0.583 bits per heavy atom. The molecule has 116 valence electrons. The highest BCUT2D eigenvalue weighted by atomic mass is 15.1. The number of hydrogen-bond acceptors (Lipinski definition) is 1. The summed E-state index contributed by atoms with van der Waals surface area (Å²) in [6, 6.07) is 34.2. The standard InChI is InChI=1S/C23H19N/c1-24(21-12-6-3-7-13-21)23-14-8-11-20-17-19(15-16-22(20)23)18-9-4-2-5-10-18/h2-17H,1H3. The molecule has 0 atom stereocenters. The molecule has 1 heteroatoms. The van der Waals surface area contributed by atoms with Crippen molar-refractivity contribution in [3.8, 4) is 11.1 Å². The van der Waals surface area contributed by atoms with Crippen molar-refractivity contribution in [3.63, 3.8) is 0 Å². The first kappa shape index (κ1) is 14.5. The second-order valence-electron chi connectivity index (χ2n) is 5.97. The van der Waals surface area contributed by atoms with E-state index in [1.807, 2.05) is 6.07 Å². The van der Waals surface area contributed by atoms with Gasteiger partial charge in [0.2, 0.25) is 0 Å². The fourth-order valence-corrected chi connectivity index (χ4v) is 3.16. The predicted molar refractivity (Wildman–Crippen MR) is 104 cm³/mol. The maximum Gasteiger partial charge on any atom is 0.0487 e. The predicted octanol–water partition coefficient (Wildman–Crippen LogP) is 6.27. The van der Waals surface area contributed by atoms with Gasteiger partial charge < -0.3 is 4.90 Å². The molecule has 0 N–H and O–H groups in total. The second kappa shape index (κ2) is 6.21. The van der Waals surface area contributed by atoms with E-state index in [1.165, 1.54) is 33.3 Å². The highest BCUT2D eigenvalue weighted by molar-refractivity contribution is 5.98. The fourth-order valence-electron chi connectivity index (χ4n) is 3.16. The lowest BCUT2D eigenvalue weighted by Crippen LogP contribution is -2.09. The van der Waals surface area contributed by atoms with Gasteiger partial charge >= 0.3 is 0 Å². The molecule has 4 rings (SSSR count). The van der Waals surface area contributed by atoms with Gasteiger partial charge in [-0.1, -0.05) is 72.8 Å². The Bertz CT molecular complexity index is 959. The minimum absolute atomic E-state index is 1.19. The van der Waals surface area contributed by atoms with E-state index in [4.69, 9.17) is 0 Å². The second-order valence-corrected chi connectivity index (χ2v) is 5.97. The van der Waals surface area contributed by atoms with Gasteiger partial charge in [-0.15, -0.1) is 0 Å². The van der Waals surface area contributed by atoms with Gasteiger partial charge in [0, 0.05) is 23.8 Å². The summed E-state index contributed by atoms with van der Waals surface area (Å²) in [6.07, 6.45) is 0. The molecule has 0 bridgehead atoms. The van der Waals surface area contributed by atoms with E-state index in [0.29, 0.717) is 0 Å². The molecule has 0 aliphatic carbocycles. The summed E-state index contributed by atoms with van der Waals surface area (Å²) < 4.78 is 0. The summed E-state index contributed by atoms with van der Waals surface area (Å²) in [5.41, 5.74) is 4.92. The van der Waals surface area contributed by atoms with Crippen LogP contribution in [0.5, 0.6) is 0 Å². The van der Waals surface area contributed by atoms with Crippen LogP contribution in [0.3, 0.4) is 0 Å². The van der Waals surface area contributed by atoms with Gasteiger partial charge in [0.15, 0.2) is 0 Å². The zero-order valence-corrected chi connectivity index (χ0v) is 13.7. The molecule has 0 radical (unpaired) electrons. The molecular weight excluding hydrogens is 290 g/mol. The number of benzene rings is 4. The van der Waals surface area contributed by atoms with Gasteiger partial charge in [-0.2, -0.15) is 0 Å². The van der Waals surface area contributed by atoms with Crippen LogP contribution < -0.4 is 4.90 Å². The average Bonchev–Trinajstić information content (AvgIpc) is 2.68. The maximum absolute atomic E-state index is 2.27. The van der Waals surface area contributed by atoms with Crippen molar-refractivity contribution >= 4 is 22.1 Å². The first-order chi connectivity index (χ1) is 11.8. The van der Waals surface area contributed by atoms with Crippen molar-refractivity contribution in [3.05, 3.63) is 97.1 Å². The van der Waals surface area contributed by atoms with Gasteiger partial charge in [0.25, 0.3) is 0 Å². The fraction of sp³-hybridized carbons (Fsp3) is 0.0435. The molecule has 0 saturated carbocycles. The summed E-state index contributed by atoms with van der Waals surface area (Å²) in [5.74, 6) is 0. The summed E-state index contributed by atoms with van der Waals surface area (Å²) in [5, 5.41) is 2.53. The van der Waals surface area contributed by atoms with Gasteiger partial charge in [0.05, 0.1) is 0 Å². The van der Waals surface area contributed by atoms with Crippen LogP contribution in [-0.2, 0) is 0 Å². The zero-order valence-electron chi connectivity index (χ0n) is 13.7. The Morgan fingerprint density at radius 3 is 2.04 bits per heavy atom. The Morgan fingerprint density at radius 2 is 1.29 bits per heavy atom. The summed E-state index contributed by atoms with van der Waals surface area (Å²) in [4.78, 5) is 2.24. The molecule has 0 saturated heterocycles. The SMILES string of the molecule is CN(c1ccccc1)c1cccc2cc(-c3ccccc3)ccc12. The molecule has 0 unspecified atom stereocenters. The van der Waals surface area contributed by atoms with E-state index in [9.17, 15) is 0 Å². The van der Waals surface area contributed by atoms with Crippen LogP contribution in [0, 0.1) is 0 Å². The minimum Gasteiger partial charge on any atom is -0.344 e. The number of nitrogens with zero attached hydrogens (tertiary/aromatic N) is 1. The van der Waals surface area contributed by atoms with Crippen molar-refractivity contribution in [1.82, 2.24) is 0 Å². The van der Waals surface area contributed by atoms with Crippen molar-refractivity contribution in [1.29, 1.82) is 0 Å². The van der Waals surface area contributed by atoms with Crippen LogP contribution in [0.1, 0.15) is 0 Å². The van der Waals surface area contributed by atoms with Crippen LogP contribution in [-0.4, -0.2) is 7.05 Å². The molecular formula is C23H19N. The van der Waals surface area contributed by atoms with Crippen molar-refractivity contribution < 1.29 is 0 Å². The van der Waals surface area contributed by atoms with Gasteiger partial charge in [-0.25, -0.2) is 0 Å². The van der Waals surface area contributed by atoms with Crippen LogP contribution in [0.15, 0.2) is 97.1 Å². The van der Waals surface area contributed by atoms with Crippen LogP contribution >= 0.6 is 0 Å². The largest absolute Gasteiger partial charge is 0.344 e. The van der Waals surface area contributed by atoms with E-state index in [1.54, 1.807) is 0 Å². The molecule has 24 heavy (non-hydrogen) atoms. The maximum atomic E-state index is 2.27. The lowest BCUT2D eigenvalue weighted by molar-refractivity contribution is 1.22. The smallest absolute Gasteiger partial charge is 0.0487 e. The average molecular weight is 309 g/mol. The van der Waals surface area contributed by atoms with Gasteiger partial charge in [-0.05, 0) is 40.8 Å². The summed E-state index contributed by atoms with van der Waals surface area (Å²) >= 11 is 0. The Hall–Kier alpha value is -3.06. The van der Waals surface area contributed by atoms with Crippen LogP contribution in [0.4, 0.5) is 11.4 Å². The topological polar surface area (TPSA) is 3.24 Å². The number of para-hydroxylation sites is 1. The molecule has 0 aromatic heterocycles. The minimum atomic E-state index is 1.19. The van der Waals surface area contributed by atoms with Crippen molar-refractivity contribution in [2.45, 2.75) is 0 Å². The molecule has 4 aromatic carbocycles. The number of rotatable bonds is 3. The molecule has 0 aliphatic heterocycles. The highest BCUT2D eigenvalue weighted by Gasteiger charge is 2.08. The Labute approximate surface area is 142 Å². The molecule has 0 fully saturated rings. The third-order valence-electron chi connectivity index (χ3n) is 4.47. The first-order valence-electron chi connectivity index (χ1n) is 8.20. The van der Waals surface area contributed by atoms with Crippen molar-refractivity contribution in [2.24, 2.45) is 0 Å². The summed E-state index contributed by atoms with van der Waals surface area (Å²) in [7, 11) is 2.12. The third kappa shape index (κ3) is 2.65. The Balaban J connectivity index is 1.81. The number of anilines is 2. The third-order valence-corrected chi connectivity index (χ3v) is 4.47. The van der Waals surface area contributed by atoms with Gasteiger partial charge in [0.1, 0.15) is 0 Å². The number of hydrogen-bond donors (Lipinski definition) is 0. The molecule has 1 nitrogen and oxygen atoms in total. The van der Waals surface area contributed by atoms with Crippen LogP contribution in [0.25, 0.3) is 21.9 Å². The highest BCUT2D eigenvalue weighted by Crippen LogP contribution is 2.33. The molecule has 4 aromatic rings. The molecule has 0 heterocycles. The van der Waals surface area contributed by atoms with E-state index < -0.39 is 0 Å². The normalized spacial score (nSPS) is 10.7. The molecule has 0 amide bonds. The lowest BCUT2D eigenvalue weighted by Gasteiger charge is -2.21. The van der Waals surface area contributed by atoms with Crippen molar-refractivity contribution in [2.75, 3.05) is 11.9 Å². The molecule has 0 aliphatic rings. The van der Waals surface area contributed by atoms with E-state index in [2.05, 4.69) is 103 Å².